The van der Waals surface area contributed by atoms with Crippen molar-refractivity contribution < 1.29 is 4.79 Å². The highest BCUT2D eigenvalue weighted by Gasteiger charge is 2.18. The Bertz CT molecular complexity index is 240. The van der Waals surface area contributed by atoms with Crippen LogP contribution in [0.4, 0.5) is 0 Å². The van der Waals surface area contributed by atoms with Crippen LogP contribution in [0.25, 0.3) is 0 Å². The van der Waals surface area contributed by atoms with Gasteiger partial charge >= 0.3 is 0 Å². The van der Waals surface area contributed by atoms with Gasteiger partial charge in [-0.2, -0.15) is 0 Å². The van der Waals surface area contributed by atoms with Crippen LogP contribution in [-0.2, 0) is 4.79 Å². The van der Waals surface area contributed by atoms with E-state index in [1.165, 1.54) is 19.3 Å². The summed E-state index contributed by atoms with van der Waals surface area (Å²) in [6.45, 7) is 1.91. The number of carbonyl (C=O) groups is 1. The van der Waals surface area contributed by atoms with Crippen molar-refractivity contribution in [3.8, 4) is 0 Å². The van der Waals surface area contributed by atoms with Crippen LogP contribution < -0.4 is 10.6 Å². The molecule has 2 N–H and O–H groups in total. The van der Waals surface area contributed by atoms with E-state index >= 15 is 0 Å². The van der Waals surface area contributed by atoms with Crippen LogP contribution in [0.5, 0.6) is 0 Å². The van der Waals surface area contributed by atoms with E-state index in [9.17, 15) is 4.79 Å². The van der Waals surface area contributed by atoms with Crippen molar-refractivity contribution in [1.29, 1.82) is 0 Å². The van der Waals surface area contributed by atoms with E-state index < -0.39 is 0 Å². The van der Waals surface area contributed by atoms with Crippen LogP contribution in [0.3, 0.4) is 0 Å². The standard InChI is InChI=1S/C12H20N2O/c15-12-7-6-11(9-14-12)13-8-10-4-2-1-3-5-10/h1-2,10-11,13H,3-9H2,(H,14,15). The smallest absolute Gasteiger partial charge is 0.220 e. The maximum absolute atomic E-state index is 11.0. The van der Waals surface area contributed by atoms with E-state index in [0.29, 0.717) is 12.5 Å². The summed E-state index contributed by atoms with van der Waals surface area (Å²) in [7, 11) is 0. The minimum absolute atomic E-state index is 0.202. The molecule has 1 amide bonds. The molecule has 3 nitrogen and oxygen atoms in total. The summed E-state index contributed by atoms with van der Waals surface area (Å²) >= 11 is 0. The van der Waals surface area contributed by atoms with Crippen LogP contribution in [0, 0.1) is 5.92 Å². The highest BCUT2D eigenvalue weighted by atomic mass is 16.1. The summed E-state index contributed by atoms with van der Waals surface area (Å²) in [4.78, 5) is 11.0. The number of rotatable bonds is 3. The first-order chi connectivity index (χ1) is 7.34. The number of amides is 1. The van der Waals surface area contributed by atoms with E-state index in [4.69, 9.17) is 0 Å². The minimum Gasteiger partial charge on any atom is -0.355 e. The van der Waals surface area contributed by atoms with Gasteiger partial charge in [0.25, 0.3) is 0 Å². The van der Waals surface area contributed by atoms with Gasteiger partial charge in [0.15, 0.2) is 0 Å². The third kappa shape index (κ3) is 3.34. The van der Waals surface area contributed by atoms with Gasteiger partial charge in [0.05, 0.1) is 0 Å². The number of hydrogen-bond donors (Lipinski definition) is 2. The summed E-state index contributed by atoms with van der Waals surface area (Å²) < 4.78 is 0. The predicted octanol–water partition coefficient (Wildman–Crippen LogP) is 1.21. The van der Waals surface area contributed by atoms with Gasteiger partial charge in [0.1, 0.15) is 0 Å². The molecule has 2 unspecified atom stereocenters. The zero-order valence-corrected chi connectivity index (χ0v) is 9.17. The molecule has 0 aromatic heterocycles. The fraction of sp³-hybridized carbons (Fsp3) is 0.750. The Labute approximate surface area is 91.3 Å². The van der Waals surface area contributed by atoms with Crippen molar-refractivity contribution in [3.63, 3.8) is 0 Å². The first-order valence-corrected chi connectivity index (χ1v) is 5.99. The molecular formula is C12H20N2O. The van der Waals surface area contributed by atoms with E-state index in [-0.39, 0.29) is 5.91 Å². The number of nitrogens with one attached hydrogen (secondary N) is 2. The molecule has 0 spiro atoms. The molecule has 1 heterocycles. The normalized spacial score (nSPS) is 31.3. The molecule has 0 saturated carbocycles. The molecule has 0 radical (unpaired) electrons. The second kappa shape index (κ2) is 5.31. The lowest BCUT2D eigenvalue weighted by Crippen LogP contribution is -2.46. The predicted molar refractivity (Wildman–Crippen MR) is 60.5 cm³/mol. The lowest BCUT2D eigenvalue weighted by molar-refractivity contribution is -0.122. The Hall–Kier alpha value is -0.830. The lowest BCUT2D eigenvalue weighted by Gasteiger charge is -2.26. The lowest BCUT2D eigenvalue weighted by atomic mass is 9.94. The van der Waals surface area contributed by atoms with Crippen LogP contribution in [0.15, 0.2) is 12.2 Å². The summed E-state index contributed by atoms with van der Waals surface area (Å²) in [5, 5.41) is 6.47. The molecule has 2 rings (SSSR count). The fourth-order valence-corrected chi connectivity index (χ4v) is 2.28. The molecular weight excluding hydrogens is 188 g/mol. The Kier molecular flexibility index (Phi) is 3.78. The number of carbonyl (C=O) groups excluding carboxylic acids is 1. The van der Waals surface area contributed by atoms with Crippen molar-refractivity contribution in [2.75, 3.05) is 13.1 Å². The Morgan fingerprint density at radius 2 is 2.33 bits per heavy atom. The molecule has 2 aliphatic rings. The van der Waals surface area contributed by atoms with Crippen LogP contribution in [0.1, 0.15) is 32.1 Å². The molecule has 0 aromatic rings. The highest BCUT2D eigenvalue weighted by molar-refractivity contribution is 5.76. The summed E-state index contributed by atoms with van der Waals surface area (Å²) in [6.07, 6.45) is 9.99. The van der Waals surface area contributed by atoms with E-state index in [1.807, 2.05) is 0 Å². The zero-order chi connectivity index (χ0) is 10.5. The first-order valence-electron chi connectivity index (χ1n) is 5.99. The van der Waals surface area contributed by atoms with E-state index in [0.717, 1.165) is 25.4 Å². The monoisotopic (exact) mass is 208 g/mol. The maximum atomic E-state index is 11.0. The second-order valence-electron chi connectivity index (χ2n) is 4.60. The van der Waals surface area contributed by atoms with Crippen molar-refractivity contribution in [1.82, 2.24) is 10.6 Å². The molecule has 0 bridgehead atoms. The minimum atomic E-state index is 0.202. The number of hydrogen-bond acceptors (Lipinski definition) is 2. The molecule has 84 valence electrons. The molecule has 1 fully saturated rings. The van der Waals surface area contributed by atoms with Crippen molar-refractivity contribution >= 4 is 5.91 Å². The summed E-state index contributed by atoms with van der Waals surface area (Å²) in [6, 6.07) is 0.494. The van der Waals surface area contributed by atoms with Gasteiger partial charge in [-0.25, -0.2) is 0 Å². The molecule has 1 aliphatic carbocycles. The molecule has 1 aliphatic heterocycles. The SMILES string of the molecule is O=C1CCC(NCC2CC=CCC2)CN1. The van der Waals surface area contributed by atoms with Crippen LogP contribution >= 0.6 is 0 Å². The van der Waals surface area contributed by atoms with Gasteiger partial charge in [-0.1, -0.05) is 12.2 Å². The van der Waals surface area contributed by atoms with Gasteiger partial charge in [-0.05, 0) is 38.1 Å². The maximum Gasteiger partial charge on any atom is 0.220 e. The van der Waals surface area contributed by atoms with E-state index in [1.54, 1.807) is 0 Å². The van der Waals surface area contributed by atoms with Crippen molar-refractivity contribution in [2.45, 2.75) is 38.1 Å². The van der Waals surface area contributed by atoms with Gasteiger partial charge < -0.3 is 10.6 Å². The van der Waals surface area contributed by atoms with E-state index in [2.05, 4.69) is 22.8 Å². The largest absolute Gasteiger partial charge is 0.355 e. The second-order valence-corrected chi connectivity index (χ2v) is 4.60. The van der Waals surface area contributed by atoms with Gasteiger partial charge in [-0.15, -0.1) is 0 Å². The number of allylic oxidation sites excluding steroid dienone is 2. The quantitative estimate of drug-likeness (QED) is 0.684. The zero-order valence-electron chi connectivity index (χ0n) is 9.17. The first kappa shape index (κ1) is 10.7. The van der Waals surface area contributed by atoms with Crippen LogP contribution in [0.2, 0.25) is 0 Å². The van der Waals surface area contributed by atoms with Crippen molar-refractivity contribution in [2.24, 2.45) is 5.92 Å². The Balaban J connectivity index is 1.65. The average molecular weight is 208 g/mol. The van der Waals surface area contributed by atoms with Gasteiger partial charge in [0, 0.05) is 19.0 Å². The summed E-state index contributed by atoms with van der Waals surface area (Å²) in [5.41, 5.74) is 0. The highest BCUT2D eigenvalue weighted by Crippen LogP contribution is 2.17. The van der Waals surface area contributed by atoms with Gasteiger partial charge in [-0.3, -0.25) is 4.79 Å². The van der Waals surface area contributed by atoms with Crippen LogP contribution in [-0.4, -0.2) is 25.0 Å². The fourth-order valence-electron chi connectivity index (χ4n) is 2.28. The van der Waals surface area contributed by atoms with Gasteiger partial charge in [0.2, 0.25) is 5.91 Å². The molecule has 3 heteroatoms. The molecule has 0 aromatic carbocycles. The summed E-state index contributed by atoms with van der Waals surface area (Å²) in [5.74, 6) is 1.00. The Morgan fingerprint density at radius 1 is 1.40 bits per heavy atom. The molecule has 15 heavy (non-hydrogen) atoms. The average Bonchev–Trinajstić information content (AvgIpc) is 2.30. The molecule has 1 saturated heterocycles. The Morgan fingerprint density at radius 3 is 3.00 bits per heavy atom. The topological polar surface area (TPSA) is 41.1 Å². The molecule has 2 atom stereocenters. The third-order valence-corrected chi connectivity index (χ3v) is 3.34. The third-order valence-electron chi connectivity index (χ3n) is 3.34. The van der Waals surface area contributed by atoms with Crippen molar-refractivity contribution in [3.05, 3.63) is 12.2 Å². The number of piperidine rings is 1.